The van der Waals surface area contributed by atoms with E-state index in [-0.39, 0.29) is 5.41 Å². The van der Waals surface area contributed by atoms with E-state index in [0.29, 0.717) is 17.5 Å². The third kappa shape index (κ3) is 4.08. The van der Waals surface area contributed by atoms with E-state index in [2.05, 4.69) is 109 Å². The van der Waals surface area contributed by atoms with Gasteiger partial charge < -0.3 is 0 Å². The van der Waals surface area contributed by atoms with Gasteiger partial charge in [-0.3, -0.25) is 4.57 Å². The molecule has 5 heteroatoms. The van der Waals surface area contributed by atoms with E-state index in [1.165, 1.54) is 33.0 Å². The Morgan fingerprint density at radius 1 is 0.609 bits per heavy atom. The maximum Gasteiger partial charge on any atom is 0.165 e. The van der Waals surface area contributed by atoms with Crippen LogP contribution in [-0.2, 0) is 5.41 Å². The summed E-state index contributed by atoms with van der Waals surface area (Å²) in [6.07, 6.45) is 10.4. The summed E-state index contributed by atoms with van der Waals surface area (Å²) in [5, 5.41) is 2.45. The smallest absolute Gasteiger partial charge is 0.165 e. The molecule has 46 heavy (non-hydrogen) atoms. The van der Waals surface area contributed by atoms with E-state index in [1.54, 1.807) is 0 Å². The number of benzene rings is 4. The maximum absolute atomic E-state index is 5.05. The van der Waals surface area contributed by atoms with Crippen LogP contribution in [0.2, 0.25) is 0 Å². The van der Waals surface area contributed by atoms with Crippen molar-refractivity contribution in [2.45, 2.75) is 32.1 Å². The number of aromatic nitrogens is 5. The summed E-state index contributed by atoms with van der Waals surface area (Å²) in [7, 11) is 0. The van der Waals surface area contributed by atoms with Gasteiger partial charge in [-0.1, -0.05) is 105 Å². The van der Waals surface area contributed by atoms with Gasteiger partial charge in [-0.2, -0.15) is 0 Å². The molecule has 9 rings (SSSR count). The molecule has 0 aliphatic heterocycles. The predicted molar refractivity (Wildman–Crippen MR) is 187 cm³/mol. The van der Waals surface area contributed by atoms with Gasteiger partial charge in [0.25, 0.3) is 0 Å². The summed E-state index contributed by atoms with van der Waals surface area (Å²) in [5.41, 5.74) is 10.4. The van der Waals surface area contributed by atoms with Crippen molar-refractivity contribution in [3.63, 3.8) is 0 Å². The minimum absolute atomic E-state index is 0.0888. The zero-order valence-electron chi connectivity index (χ0n) is 25.8. The van der Waals surface area contributed by atoms with Crippen LogP contribution in [0.4, 0.5) is 0 Å². The first-order chi connectivity index (χ1) is 22.6. The van der Waals surface area contributed by atoms with Crippen LogP contribution in [0.15, 0.2) is 128 Å². The standard InChI is InChI=1S/C41H31N5/c1-41(2)33-19-11-9-17-29(33)31-23-32-30-18-10-12-20-35(30)46(36(32)24-34(31)41)37-22-21-28(25-42-37)40-44-38(26-13-5-3-6-14-26)43-39(45-40)27-15-7-4-8-16-27/h3,5-7,9-25H,4,8H2,1-2H3. The minimum atomic E-state index is -0.0888. The molecule has 5 nitrogen and oxygen atoms in total. The van der Waals surface area contributed by atoms with Crippen LogP contribution in [0, 0.1) is 0 Å². The highest BCUT2D eigenvalue weighted by atomic mass is 15.1. The lowest BCUT2D eigenvalue weighted by atomic mass is 9.82. The van der Waals surface area contributed by atoms with Crippen molar-refractivity contribution in [1.82, 2.24) is 24.5 Å². The van der Waals surface area contributed by atoms with Crippen molar-refractivity contribution in [2.24, 2.45) is 0 Å². The molecular formula is C41H31N5. The molecule has 0 saturated heterocycles. The Kier molecular flexibility index (Phi) is 5.91. The van der Waals surface area contributed by atoms with Gasteiger partial charge in [-0.15, -0.1) is 0 Å². The molecule has 0 amide bonds. The van der Waals surface area contributed by atoms with Crippen molar-refractivity contribution >= 4 is 27.4 Å². The Balaban J connectivity index is 1.19. The summed E-state index contributed by atoms with van der Waals surface area (Å²) < 4.78 is 2.29. The maximum atomic E-state index is 5.05. The van der Waals surface area contributed by atoms with Crippen molar-refractivity contribution < 1.29 is 0 Å². The van der Waals surface area contributed by atoms with Crippen LogP contribution in [-0.4, -0.2) is 24.5 Å². The van der Waals surface area contributed by atoms with E-state index >= 15 is 0 Å². The molecule has 3 heterocycles. The van der Waals surface area contributed by atoms with Gasteiger partial charge >= 0.3 is 0 Å². The number of pyridine rings is 1. The molecule has 7 aromatic rings. The van der Waals surface area contributed by atoms with Crippen LogP contribution < -0.4 is 0 Å². The zero-order valence-corrected chi connectivity index (χ0v) is 25.8. The number of nitrogens with zero attached hydrogens (tertiary/aromatic N) is 5. The first kappa shape index (κ1) is 26.7. The Hall–Kier alpha value is -5.68. The predicted octanol–water partition coefficient (Wildman–Crippen LogP) is 9.74. The van der Waals surface area contributed by atoms with Gasteiger partial charge in [0.1, 0.15) is 5.82 Å². The van der Waals surface area contributed by atoms with Gasteiger partial charge in [0.15, 0.2) is 17.5 Å². The van der Waals surface area contributed by atoms with Crippen molar-refractivity contribution in [2.75, 3.05) is 0 Å². The fourth-order valence-electron chi connectivity index (χ4n) is 7.19. The van der Waals surface area contributed by atoms with E-state index in [4.69, 9.17) is 19.9 Å². The summed E-state index contributed by atoms with van der Waals surface area (Å²) in [4.78, 5) is 19.8. The fourth-order valence-corrected chi connectivity index (χ4v) is 7.19. The number of hydrogen-bond acceptors (Lipinski definition) is 4. The molecule has 2 aliphatic rings. The molecule has 0 N–H and O–H groups in total. The molecule has 0 radical (unpaired) electrons. The third-order valence-corrected chi connectivity index (χ3v) is 9.53. The summed E-state index contributed by atoms with van der Waals surface area (Å²) in [6.45, 7) is 4.66. The number of hydrogen-bond donors (Lipinski definition) is 0. The van der Waals surface area contributed by atoms with Gasteiger partial charge in [0.05, 0.1) is 11.0 Å². The van der Waals surface area contributed by atoms with Crippen LogP contribution in [0.1, 0.15) is 43.6 Å². The van der Waals surface area contributed by atoms with Crippen molar-refractivity contribution in [3.8, 4) is 39.7 Å². The number of allylic oxidation sites excluding steroid dienone is 4. The van der Waals surface area contributed by atoms with E-state index < -0.39 is 0 Å². The van der Waals surface area contributed by atoms with Crippen LogP contribution in [0.5, 0.6) is 0 Å². The second kappa shape index (κ2) is 10.2. The highest BCUT2D eigenvalue weighted by Gasteiger charge is 2.36. The quantitative estimate of drug-likeness (QED) is 0.204. The van der Waals surface area contributed by atoms with Gasteiger partial charge in [-0.25, -0.2) is 19.9 Å². The lowest BCUT2D eigenvalue weighted by Gasteiger charge is -2.21. The minimum Gasteiger partial charge on any atom is -0.294 e. The lowest BCUT2D eigenvalue weighted by Crippen LogP contribution is -2.15. The average Bonchev–Trinajstić information content (AvgIpc) is 3.56. The fraction of sp³-hybridized carbons (Fsp3) is 0.122. The van der Waals surface area contributed by atoms with Gasteiger partial charge in [0, 0.05) is 39.1 Å². The third-order valence-electron chi connectivity index (χ3n) is 9.53. The monoisotopic (exact) mass is 593 g/mol. The Bertz CT molecular complexity index is 2380. The molecule has 2 aliphatic carbocycles. The molecular weight excluding hydrogens is 562 g/mol. The number of para-hydroxylation sites is 1. The Morgan fingerprint density at radius 3 is 2.17 bits per heavy atom. The summed E-state index contributed by atoms with van der Waals surface area (Å²) >= 11 is 0. The summed E-state index contributed by atoms with van der Waals surface area (Å²) in [6, 6.07) is 36.5. The molecule has 0 bridgehead atoms. The van der Waals surface area contributed by atoms with Crippen molar-refractivity contribution in [1.29, 1.82) is 0 Å². The highest BCUT2D eigenvalue weighted by Crippen LogP contribution is 2.50. The first-order valence-electron chi connectivity index (χ1n) is 15.9. The normalized spacial score (nSPS) is 14.8. The zero-order chi connectivity index (χ0) is 30.8. The Labute approximate surface area is 267 Å². The molecule has 0 spiro atoms. The molecule has 0 unspecified atom stereocenters. The van der Waals surface area contributed by atoms with E-state index in [0.717, 1.165) is 46.4 Å². The molecule has 0 atom stereocenters. The first-order valence-corrected chi connectivity index (χ1v) is 15.9. The van der Waals surface area contributed by atoms with Crippen molar-refractivity contribution in [3.05, 3.63) is 145 Å². The van der Waals surface area contributed by atoms with Gasteiger partial charge in [0.2, 0.25) is 0 Å². The molecule has 0 saturated carbocycles. The molecule has 4 aromatic carbocycles. The van der Waals surface area contributed by atoms with Crippen LogP contribution >= 0.6 is 0 Å². The Morgan fingerprint density at radius 2 is 1.37 bits per heavy atom. The topological polar surface area (TPSA) is 56.5 Å². The molecule has 220 valence electrons. The second-order valence-corrected chi connectivity index (χ2v) is 12.7. The largest absolute Gasteiger partial charge is 0.294 e. The van der Waals surface area contributed by atoms with Crippen LogP contribution in [0.3, 0.4) is 0 Å². The number of rotatable bonds is 4. The molecule has 0 fully saturated rings. The second-order valence-electron chi connectivity index (χ2n) is 12.7. The van der Waals surface area contributed by atoms with E-state index in [9.17, 15) is 0 Å². The van der Waals surface area contributed by atoms with Crippen LogP contribution in [0.25, 0.3) is 67.1 Å². The molecule has 3 aromatic heterocycles. The number of fused-ring (bicyclic) bond motifs is 6. The summed E-state index contributed by atoms with van der Waals surface area (Å²) in [5.74, 6) is 2.81. The van der Waals surface area contributed by atoms with Gasteiger partial charge in [-0.05, 0) is 65.4 Å². The SMILES string of the molecule is CC1(C)c2ccccc2-c2cc3c4ccccc4n(-c4ccc(-c5nc(C6=CCCC=C6)nc(-c6ccccc6)n5)cn4)c3cc21. The highest BCUT2D eigenvalue weighted by molar-refractivity contribution is 6.11. The average molecular weight is 594 g/mol. The lowest BCUT2D eigenvalue weighted by molar-refractivity contribution is 0.661. The van der Waals surface area contributed by atoms with E-state index in [1.807, 2.05) is 36.5 Å².